The second kappa shape index (κ2) is 11.1. The number of ether oxygens (including phenoxy) is 3. The summed E-state index contributed by atoms with van der Waals surface area (Å²) in [7, 11) is 3.06. The largest absolute Gasteiger partial charge is 0.493 e. The van der Waals surface area contributed by atoms with Crippen LogP contribution in [0.5, 0.6) is 11.5 Å². The van der Waals surface area contributed by atoms with Gasteiger partial charge in [0.1, 0.15) is 5.82 Å². The van der Waals surface area contributed by atoms with Gasteiger partial charge in [-0.2, -0.15) is 0 Å². The molecule has 1 heterocycles. The maximum atomic E-state index is 13.3. The van der Waals surface area contributed by atoms with Crippen molar-refractivity contribution in [3.63, 3.8) is 0 Å². The molecule has 2 aromatic carbocycles. The van der Waals surface area contributed by atoms with Crippen molar-refractivity contribution in [3.8, 4) is 11.5 Å². The summed E-state index contributed by atoms with van der Waals surface area (Å²) < 4.78 is 28.7. The molecule has 0 saturated carbocycles. The quantitative estimate of drug-likeness (QED) is 0.383. The molecule has 0 aliphatic rings. The van der Waals surface area contributed by atoms with Gasteiger partial charge in [0.2, 0.25) is 0 Å². The van der Waals surface area contributed by atoms with Gasteiger partial charge in [-0.3, -0.25) is 4.79 Å². The molecule has 3 rings (SSSR count). The third kappa shape index (κ3) is 6.18. The van der Waals surface area contributed by atoms with Crippen molar-refractivity contribution in [2.24, 2.45) is 0 Å². The molecule has 8 heteroatoms. The Labute approximate surface area is 189 Å². The molecule has 0 spiro atoms. The molecule has 6 nitrogen and oxygen atoms in total. The normalized spacial score (nSPS) is 11.7. The topological polar surface area (TPSA) is 73.9 Å². The van der Waals surface area contributed by atoms with E-state index in [0.29, 0.717) is 17.1 Å². The number of benzene rings is 2. The average Bonchev–Trinajstić information content (AvgIpc) is 3.35. The molecule has 166 valence electrons. The van der Waals surface area contributed by atoms with Crippen LogP contribution in [0.1, 0.15) is 22.0 Å². The SMILES string of the molecule is COc1ccc(/C=C/C(=O)OCC(=O)NC(c2ccc(F)cc2)c2cccs2)cc1OC. The summed E-state index contributed by atoms with van der Waals surface area (Å²) in [6, 6.07) is 14.3. The lowest BCUT2D eigenvalue weighted by Crippen LogP contribution is -2.32. The Morgan fingerprint density at radius 3 is 2.47 bits per heavy atom. The second-order valence-corrected chi connectivity index (χ2v) is 7.60. The van der Waals surface area contributed by atoms with Crippen molar-refractivity contribution in [3.05, 3.63) is 87.9 Å². The first-order valence-corrected chi connectivity index (χ1v) is 10.5. The predicted octanol–water partition coefficient (Wildman–Crippen LogP) is 4.37. The molecule has 1 unspecified atom stereocenters. The van der Waals surface area contributed by atoms with Crippen LogP contribution < -0.4 is 14.8 Å². The molecular weight excluding hydrogens is 433 g/mol. The minimum atomic E-state index is -0.663. The van der Waals surface area contributed by atoms with E-state index in [0.717, 1.165) is 10.4 Å². The molecule has 0 aliphatic heterocycles. The highest BCUT2D eigenvalue weighted by Crippen LogP contribution is 2.28. The van der Waals surface area contributed by atoms with E-state index < -0.39 is 24.5 Å². The molecule has 32 heavy (non-hydrogen) atoms. The van der Waals surface area contributed by atoms with Gasteiger partial charge >= 0.3 is 5.97 Å². The lowest BCUT2D eigenvalue weighted by atomic mass is 10.1. The molecule has 1 aromatic heterocycles. The first kappa shape index (κ1) is 23.0. The number of hydrogen-bond acceptors (Lipinski definition) is 6. The van der Waals surface area contributed by atoms with E-state index in [1.54, 1.807) is 36.4 Å². The van der Waals surface area contributed by atoms with E-state index in [9.17, 15) is 14.0 Å². The van der Waals surface area contributed by atoms with Gasteiger partial charge in [-0.05, 0) is 52.9 Å². The van der Waals surface area contributed by atoms with E-state index in [1.165, 1.54) is 43.8 Å². The summed E-state index contributed by atoms with van der Waals surface area (Å²) in [5.74, 6) is -0.390. The minimum Gasteiger partial charge on any atom is -0.493 e. The first-order valence-electron chi connectivity index (χ1n) is 9.65. The lowest BCUT2D eigenvalue weighted by Gasteiger charge is -2.18. The van der Waals surface area contributed by atoms with Crippen LogP contribution in [0.2, 0.25) is 0 Å². The zero-order chi connectivity index (χ0) is 22.9. The first-order chi connectivity index (χ1) is 15.5. The van der Waals surface area contributed by atoms with Crippen LogP contribution in [0, 0.1) is 5.82 Å². The molecule has 1 atom stereocenters. The summed E-state index contributed by atoms with van der Waals surface area (Å²) in [6.45, 7) is -0.446. The highest BCUT2D eigenvalue weighted by atomic mass is 32.1. The lowest BCUT2D eigenvalue weighted by molar-refractivity contribution is -0.143. The third-order valence-corrected chi connectivity index (χ3v) is 5.44. The van der Waals surface area contributed by atoms with Crippen LogP contribution in [0.25, 0.3) is 6.08 Å². The Morgan fingerprint density at radius 2 is 1.81 bits per heavy atom. The number of esters is 1. The number of carbonyl (C=O) groups excluding carboxylic acids is 2. The zero-order valence-electron chi connectivity index (χ0n) is 17.5. The van der Waals surface area contributed by atoms with E-state index in [1.807, 2.05) is 17.5 Å². The van der Waals surface area contributed by atoms with Crippen LogP contribution in [-0.4, -0.2) is 32.7 Å². The maximum absolute atomic E-state index is 13.3. The van der Waals surface area contributed by atoms with Gasteiger partial charge in [0.15, 0.2) is 18.1 Å². The van der Waals surface area contributed by atoms with E-state index in [-0.39, 0.29) is 5.82 Å². The number of thiophene rings is 1. The van der Waals surface area contributed by atoms with Crippen LogP contribution in [0.3, 0.4) is 0 Å². The molecule has 1 N–H and O–H groups in total. The number of carbonyl (C=O) groups is 2. The van der Waals surface area contributed by atoms with E-state index >= 15 is 0 Å². The van der Waals surface area contributed by atoms with Crippen molar-refractivity contribution in [1.29, 1.82) is 0 Å². The molecule has 1 amide bonds. The standard InChI is InChI=1S/C24H22FNO5S/c1-29-19-11-5-16(14-20(19)30-2)6-12-23(28)31-15-22(27)26-24(21-4-3-13-32-21)17-7-9-18(25)10-8-17/h3-14,24H,15H2,1-2H3,(H,26,27)/b12-6+. The van der Waals surface area contributed by atoms with Gasteiger partial charge in [-0.15, -0.1) is 11.3 Å². The Balaban J connectivity index is 1.58. The molecular formula is C24H22FNO5S. The van der Waals surface area contributed by atoms with Gasteiger partial charge < -0.3 is 19.5 Å². The smallest absolute Gasteiger partial charge is 0.331 e. The van der Waals surface area contributed by atoms with Crippen molar-refractivity contribution in [1.82, 2.24) is 5.32 Å². The summed E-state index contributed by atoms with van der Waals surface area (Å²) >= 11 is 1.46. The maximum Gasteiger partial charge on any atom is 0.331 e. The van der Waals surface area contributed by atoms with E-state index in [2.05, 4.69) is 5.32 Å². The molecule has 0 aliphatic carbocycles. The fourth-order valence-corrected chi connectivity index (χ4v) is 3.74. The zero-order valence-corrected chi connectivity index (χ0v) is 18.4. The van der Waals surface area contributed by atoms with Crippen LogP contribution in [0.15, 0.2) is 66.1 Å². The van der Waals surface area contributed by atoms with Gasteiger partial charge in [0.25, 0.3) is 5.91 Å². The average molecular weight is 456 g/mol. The van der Waals surface area contributed by atoms with Gasteiger partial charge in [0, 0.05) is 11.0 Å². The van der Waals surface area contributed by atoms with Crippen LogP contribution in [0.4, 0.5) is 4.39 Å². The Kier molecular flexibility index (Phi) is 7.99. The van der Waals surface area contributed by atoms with E-state index in [4.69, 9.17) is 14.2 Å². The van der Waals surface area contributed by atoms with Crippen LogP contribution >= 0.6 is 11.3 Å². The summed E-state index contributed by atoms with van der Waals surface area (Å²) in [4.78, 5) is 25.3. The summed E-state index contributed by atoms with van der Waals surface area (Å²) in [5.41, 5.74) is 1.43. The Hall–Kier alpha value is -3.65. The number of halogens is 1. The van der Waals surface area contributed by atoms with Gasteiger partial charge in [0.05, 0.1) is 20.3 Å². The number of nitrogens with one attached hydrogen (secondary N) is 1. The fraction of sp³-hybridized carbons (Fsp3) is 0.167. The fourth-order valence-electron chi connectivity index (χ4n) is 2.94. The highest BCUT2D eigenvalue weighted by molar-refractivity contribution is 7.10. The van der Waals surface area contributed by atoms with Crippen molar-refractivity contribution in [2.75, 3.05) is 20.8 Å². The monoisotopic (exact) mass is 455 g/mol. The summed E-state index contributed by atoms with van der Waals surface area (Å²) in [5, 5.41) is 4.72. The van der Waals surface area contributed by atoms with Gasteiger partial charge in [-0.1, -0.05) is 24.3 Å². The highest BCUT2D eigenvalue weighted by Gasteiger charge is 2.18. The third-order valence-electron chi connectivity index (χ3n) is 4.50. The van der Waals surface area contributed by atoms with Crippen molar-refractivity contribution in [2.45, 2.75) is 6.04 Å². The molecule has 0 saturated heterocycles. The minimum absolute atomic E-state index is 0.361. The van der Waals surface area contributed by atoms with Crippen LogP contribution in [-0.2, 0) is 14.3 Å². The number of rotatable bonds is 9. The Bertz CT molecular complexity index is 1080. The molecule has 0 bridgehead atoms. The second-order valence-electron chi connectivity index (χ2n) is 6.62. The van der Waals surface area contributed by atoms with Crippen molar-refractivity contribution < 1.29 is 28.2 Å². The van der Waals surface area contributed by atoms with Gasteiger partial charge in [-0.25, -0.2) is 9.18 Å². The number of methoxy groups -OCH3 is 2. The Morgan fingerprint density at radius 1 is 1.06 bits per heavy atom. The molecule has 0 fully saturated rings. The number of amides is 1. The predicted molar refractivity (Wildman–Crippen MR) is 120 cm³/mol. The van der Waals surface area contributed by atoms with Crippen molar-refractivity contribution >= 4 is 29.3 Å². The molecule has 3 aromatic rings. The summed E-state index contributed by atoms with van der Waals surface area (Å²) in [6.07, 6.45) is 2.78. The number of hydrogen-bond donors (Lipinski definition) is 1. The molecule has 0 radical (unpaired) electrons.